The van der Waals surface area contributed by atoms with Crippen LogP contribution in [0.3, 0.4) is 0 Å². The predicted molar refractivity (Wildman–Crippen MR) is 95.0 cm³/mol. The topological polar surface area (TPSA) is 93.1 Å². The fourth-order valence-corrected chi connectivity index (χ4v) is 2.18. The Kier molecular flexibility index (Phi) is 6.93. The quantitative estimate of drug-likeness (QED) is 0.327. The molecule has 1 atom stereocenters. The number of carbonyl (C=O) groups is 2. The first-order valence-corrected chi connectivity index (χ1v) is 8.08. The molecule has 6 nitrogen and oxygen atoms in total. The van der Waals surface area contributed by atoms with Gasteiger partial charge in [-0.2, -0.15) is 0 Å². The molecule has 2 aromatic carbocycles. The van der Waals surface area contributed by atoms with Gasteiger partial charge in [0.15, 0.2) is 5.78 Å². The molecule has 26 heavy (non-hydrogen) atoms. The Morgan fingerprint density at radius 2 is 1.88 bits per heavy atom. The molecule has 0 aromatic heterocycles. The highest BCUT2D eigenvalue weighted by atomic mass is 16.6. The molecule has 0 saturated carbocycles. The molecular weight excluding hydrogens is 336 g/mol. The Bertz CT molecular complexity index is 782. The normalized spacial score (nSPS) is 11.9. The number of ether oxygens (including phenoxy) is 2. The number of ketones is 1. The molecule has 0 aliphatic heterocycles. The number of hydrogen-bond donors (Lipinski definition) is 2. The zero-order valence-corrected chi connectivity index (χ0v) is 14.3. The van der Waals surface area contributed by atoms with Gasteiger partial charge >= 0.3 is 5.97 Å². The van der Waals surface area contributed by atoms with Gasteiger partial charge < -0.3 is 19.7 Å². The van der Waals surface area contributed by atoms with Crippen LogP contribution < -0.4 is 4.74 Å². The molecule has 0 fully saturated rings. The van der Waals surface area contributed by atoms with E-state index in [0.29, 0.717) is 5.56 Å². The van der Waals surface area contributed by atoms with Gasteiger partial charge in [-0.3, -0.25) is 4.79 Å². The van der Waals surface area contributed by atoms with E-state index in [1.165, 1.54) is 24.3 Å². The smallest absolute Gasteiger partial charge is 0.330 e. The summed E-state index contributed by atoms with van der Waals surface area (Å²) in [6, 6.07) is 12.7. The molecule has 136 valence electrons. The average Bonchev–Trinajstić information content (AvgIpc) is 2.62. The third-order valence-electron chi connectivity index (χ3n) is 3.43. The molecule has 6 heteroatoms. The molecule has 0 bridgehead atoms. The minimum Gasteiger partial charge on any atom is -0.507 e. The second kappa shape index (κ2) is 9.39. The van der Waals surface area contributed by atoms with E-state index in [1.807, 2.05) is 0 Å². The maximum atomic E-state index is 12.4. The Morgan fingerprint density at radius 1 is 1.15 bits per heavy atom. The summed E-state index contributed by atoms with van der Waals surface area (Å²) < 4.78 is 10.1. The lowest BCUT2D eigenvalue weighted by atomic mass is 10.0. The lowest BCUT2D eigenvalue weighted by molar-refractivity contribution is -0.139. The van der Waals surface area contributed by atoms with Crippen molar-refractivity contribution in [2.75, 3.05) is 6.61 Å². The van der Waals surface area contributed by atoms with Crippen molar-refractivity contribution in [3.63, 3.8) is 0 Å². The largest absolute Gasteiger partial charge is 0.507 e. The van der Waals surface area contributed by atoms with Gasteiger partial charge in [-0.25, -0.2) is 4.79 Å². The van der Waals surface area contributed by atoms with Crippen LogP contribution in [-0.4, -0.2) is 34.9 Å². The first-order valence-electron chi connectivity index (χ1n) is 8.08. The molecule has 0 radical (unpaired) electrons. The number of benzene rings is 2. The fraction of sp³-hybridized carbons (Fsp3) is 0.200. The zero-order valence-electron chi connectivity index (χ0n) is 14.3. The summed E-state index contributed by atoms with van der Waals surface area (Å²) >= 11 is 0. The van der Waals surface area contributed by atoms with E-state index in [9.17, 15) is 19.8 Å². The number of aromatic hydroxyl groups is 1. The molecule has 0 spiro atoms. The predicted octanol–water partition coefficient (Wildman–Crippen LogP) is 2.83. The minimum absolute atomic E-state index is 0.0130. The van der Waals surface area contributed by atoms with E-state index in [1.54, 1.807) is 43.3 Å². The molecule has 0 saturated heterocycles. The lowest BCUT2D eigenvalue weighted by Gasteiger charge is -2.14. The van der Waals surface area contributed by atoms with E-state index in [0.717, 1.165) is 0 Å². The third kappa shape index (κ3) is 5.46. The molecule has 0 aliphatic rings. The SMILES string of the molecule is CC=CC(=O)OCCC(O)Oc1ccc(C(=O)c2ccccc2)c(O)c1. The summed E-state index contributed by atoms with van der Waals surface area (Å²) in [7, 11) is 0. The number of rotatable bonds is 8. The highest BCUT2D eigenvalue weighted by molar-refractivity contribution is 6.10. The van der Waals surface area contributed by atoms with Crippen LogP contribution in [0.5, 0.6) is 11.5 Å². The molecule has 0 amide bonds. The Hall–Kier alpha value is -3.12. The molecule has 1 unspecified atom stereocenters. The highest BCUT2D eigenvalue weighted by Crippen LogP contribution is 2.26. The minimum atomic E-state index is -1.22. The van der Waals surface area contributed by atoms with Gasteiger partial charge in [0.1, 0.15) is 11.5 Å². The second-order valence-corrected chi connectivity index (χ2v) is 5.40. The summed E-state index contributed by atoms with van der Waals surface area (Å²) in [4.78, 5) is 23.5. The van der Waals surface area contributed by atoms with Gasteiger partial charge in [0.2, 0.25) is 6.29 Å². The lowest BCUT2D eigenvalue weighted by Crippen LogP contribution is -2.19. The number of phenolic OH excluding ortho intramolecular Hbond substituents is 1. The van der Waals surface area contributed by atoms with Crippen LogP contribution in [0.15, 0.2) is 60.7 Å². The number of phenols is 1. The van der Waals surface area contributed by atoms with Crippen molar-refractivity contribution in [2.45, 2.75) is 19.6 Å². The van der Waals surface area contributed by atoms with Gasteiger partial charge in [0.25, 0.3) is 0 Å². The fourth-order valence-electron chi connectivity index (χ4n) is 2.18. The van der Waals surface area contributed by atoms with Crippen LogP contribution in [0, 0.1) is 0 Å². The van der Waals surface area contributed by atoms with Crippen molar-refractivity contribution in [3.8, 4) is 11.5 Å². The highest BCUT2D eigenvalue weighted by Gasteiger charge is 2.15. The van der Waals surface area contributed by atoms with E-state index in [4.69, 9.17) is 9.47 Å². The van der Waals surface area contributed by atoms with Crippen LogP contribution in [-0.2, 0) is 9.53 Å². The number of allylic oxidation sites excluding steroid dienone is 1. The van der Waals surface area contributed by atoms with Crippen LogP contribution in [0.4, 0.5) is 0 Å². The van der Waals surface area contributed by atoms with Gasteiger partial charge in [-0.1, -0.05) is 36.4 Å². The number of aliphatic hydroxyl groups excluding tert-OH is 1. The van der Waals surface area contributed by atoms with Crippen LogP contribution in [0.2, 0.25) is 0 Å². The summed E-state index contributed by atoms with van der Waals surface area (Å²) in [6.45, 7) is 1.68. The van der Waals surface area contributed by atoms with E-state index in [2.05, 4.69) is 0 Å². The van der Waals surface area contributed by atoms with Crippen LogP contribution in [0.1, 0.15) is 29.3 Å². The van der Waals surface area contributed by atoms with Crippen molar-refractivity contribution < 1.29 is 29.3 Å². The van der Waals surface area contributed by atoms with Crippen molar-refractivity contribution in [1.29, 1.82) is 0 Å². The van der Waals surface area contributed by atoms with Gasteiger partial charge in [-0.05, 0) is 19.1 Å². The summed E-state index contributed by atoms with van der Waals surface area (Å²) in [5.74, 6) is -0.866. The number of carbonyl (C=O) groups excluding carboxylic acids is 2. The molecule has 2 N–H and O–H groups in total. The Labute approximate surface area is 151 Å². The van der Waals surface area contributed by atoms with Crippen molar-refractivity contribution in [2.24, 2.45) is 0 Å². The molecule has 0 aliphatic carbocycles. The first kappa shape index (κ1) is 19.2. The molecule has 2 rings (SSSR count). The monoisotopic (exact) mass is 356 g/mol. The van der Waals surface area contributed by atoms with Crippen LogP contribution in [0.25, 0.3) is 0 Å². The number of hydrogen-bond acceptors (Lipinski definition) is 6. The summed E-state index contributed by atoms with van der Waals surface area (Å²) in [5, 5.41) is 19.9. The van der Waals surface area contributed by atoms with E-state index in [-0.39, 0.29) is 35.9 Å². The van der Waals surface area contributed by atoms with Crippen LogP contribution >= 0.6 is 0 Å². The summed E-state index contributed by atoms with van der Waals surface area (Å²) in [5.41, 5.74) is 0.595. The number of esters is 1. The third-order valence-corrected chi connectivity index (χ3v) is 3.43. The zero-order chi connectivity index (χ0) is 18.9. The number of aliphatic hydroxyl groups is 1. The van der Waals surface area contributed by atoms with E-state index >= 15 is 0 Å². The Morgan fingerprint density at radius 3 is 2.54 bits per heavy atom. The molecule has 2 aromatic rings. The van der Waals surface area contributed by atoms with Crippen molar-refractivity contribution >= 4 is 11.8 Å². The first-order chi connectivity index (χ1) is 12.5. The average molecular weight is 356 g/mol. The van der Waals surface area contributed by atoms with Gasteiger partial charge in [0, 0.05) is 24.1 Å². The van der Waals surface area contributed by atoms with Crippen molar-refractivity contribution in [3.05, 3.63) is 71.8 Å². The maximum Gasteiger partial charge on any atom is 0.330 e. The summed E-state index contributed by atoms with van der Waals surface area (Å²) in [6.07, 6.45) is 1.67. The second-order valence-electron chi connectivity index (χ2n) is 5.40. The van der Waals surface area contributed by atoms with E-state index < -0.39 is 12.3 Å². The van der Waals surface area contributed by atoms with Gasteiger partial charge in [-0.15, -0.1) is 0 Å². The molecule has 0 heterocycles. The maximum absolute atomic E-state index is 12.4. The van der Waals surface area contributed by atoms with Gasteiger partial charge in [0.05, 0.1) is 12.2 Å². The molecular formula is C20H20O6. The Balaban J connectivity index is 1.94. The van der Waals surface area contributed by atoms with Crippen molar-refractivity contribution in [1.82, 2.24) is 0 Å². The standard InChI is InChI=1S/C20H20O6/c1-2-6-18(22)25-12-11-19(23)26-15-9-10-16(17(21)13-15)20(24)14-7-4-3-5-8-14/h2-10,13,19,21,23H,11-12H2,1H3.